The summed E-state index contributed by atoms with van der Waals surface area (Å²) in [5.41, 5.74) is 0.559. The Bertz CT molecular complexity index is 724. The summed E-state index contributed by atoms with van der Waals surface area (Å²) in [5, 5.41) is 0.579. The highest BCUT2D eigenvalue weighted by atomic mass is 32.2. The molecule has 6 heteroatoms. The molecule has 2 aromatic rings. The van der Waals surface area contributed by atoms with Gasteiger partial charge >= 0.3 is 0 Å². The molecule has 0 atom stereocenters. The number of benzene rings is 1. The second kappa shape index (κ2) is 4.47. The van der Waals surface area contributed by atoms with E-state index in [2.05, 4.69) is 9.71 Å². The van der Waals surface area contributed by atoms with Crippen LogP contribution < -0.4 is 9.46 Å². The summed E-state index contributed by atoms with van der Waals surface area (Å²) >= 11 is 0. The molecular formula is C13H14N2O3S. The number of hydrogen-bond donors (Lipinski definition) is 1. The minimum absolute atomic E-state index is 0.0822. The van der Waals surface area contributed by atoms with Crippen molar-refractivity contribution in [1.82, 2.24) is 9.71 Å². The topological polar surface area (TPSA) is 68.3 Å². The number of rotatable bonds is 4. The molecule has 1 aromatic carbocycles. The van der Waals surface area contributed by atoms with Crippen LogP contribution in [0.25, 0.3) is 10.9 Å². The summed E-state index contributed by atoms with van der Waals surface area (Å²) in [6, 6.07) is 6.74. The van der Waals surface area contributed by atoms with Crippen LogP contribution in [-0.4, -0.2) is 26.6 Å². The van der Waals surface area contributed by atoms with Gasteiger partial charge in [0.2, 0.25) is 10.0 Å². The summed E-state index contributed by atoms with van der Waals surface area (Å²) in [7, 11) is -1.95. The van der Waals surface area contributed by atoms with Crippen LogP contribution in [0.2, 0.25) is 0 Å². The van der Waals surface area contributed by atoms with Gasteiger partial charge in [-0.2, -0.15) is 0 Å². The van der Waals surface area contributed by atoms with Crippen molar-refractivity contribution in [2.45, 2.75) is 23.8 Å². The number of sulfonamides is 1. The van der Waals surface area contributed by atoms with E-state index in [1.165, 1.54) is 0 Å². The maximum absolute atomic E-state index is 12.3. The van der Waals surface area contributed by atoms with E-state index in [0.717, 1.165) is 12.8 Å². The van der Waals surface area contributed by atoms with E-state index in [9.17, 15) is 8.42 Å². The lowest BCUT2D eigenvalue weighted by Gasteiger charge is -2.10. The third-order valence-electron chi connectivity index (χ3n) is 3.10. The van der Waals surface area contributed by atoms with Crippen molar-refractivity contribution in [3.63, 3.8) is 0 Å². The number of fused-ring (bicyclic) bond motifs is 1. The second-order valence-electron chi connectivity index (χ2n) is 4.56. The fourth-order valence-electron chi connectivity index (χ4n) is 2.00. The molecule has 1 heterocycles. The van der Waals surface area contributed by atoms with Crippen molar-refractivity contribution in [3.05, 3.63) is 30.5 Å². The second-order valence-corrected chi connectivity index (χ2v) is 6.24. The van der Waals surface area contributed by atoms with Gasteiger partial charge in [0.25, 0.3) is 0 Å². The van der Waals surface area contributed by atoms with Gasteiger partial charge in [-0.3, -0.25) is 4.98 Å². The minimum atomic E-state index is -3.49. The van der Waals surface area contributed by atoms with E-state index in [4.69, 9.17) is 4.74 Å². The average Bonchev–Trinajstić information content (AvgIpc) is 3.20. The maximum atomic E-state index is 12.3. The van der Waals surface area contributed by atoms with Gasteiger partial charge in [0.05, 0.1) is 12.0 Å². The lowest BCUT2D eigenvalue weighted by atomic mass is 10.2. The zero-order chi connectivity index (χ0) is 13.5. The monoisotopic (exact) mass is 278 g/mol. The van der Waals surface area contributed by atoms with Crippen molar-refractivity contribution >= 4 is 20.9 Å². The first kappa shape index (κ1) is 12.4. The normalized spacial score (nSPS) is 15.6. The van der Waals surface area contributed by atoms with E-state index >= 15 is 0 Å². The van der Waals surface area contributed by atoms with Crippen LogP contribution in [0.5, 0.6) is 5.75 Å². The third-order valence-corrected chi connectivity index (χ3v) is 4.68. The number of ether oxygens (including phenoxy) is 1. The van der Waals surface area contributed by atoms with Crippen LogP contribution in [0.4, 0.5) is 0 Å². The predicted octanol–water partition coefficient (Wildman–Crippen LogP) is 1.68. The Balaban J connectivity index is 2.19. The van der Waals surface area contributed by atoms with E-state index in [1.54, 1.807) is 37.6 Å². The third kappa shape index (κ3) is 2.29. The van der Waals surface area contributed by atoms with Gasteiger partial charge in [0, 0.05) is 17.6 Å². The van der Waals surface area contributed by atoms with Crippen molar-refractivity contribution in [1.29, 1.82) is 0 Å². The first-order chi connectivity index (χ1) is 9.12. The summed E-state index contributed by atoms with van der Waals surface area (Å²) in [5.74, 6) is 0.570. The van der Waals surface area contributed by atoms with Crippen LogP contribution in [0.15, 0.2) is 35.4 Å². The molecule has 1 N–H and O–H groups in total. The van der Waals surface area contributed by atoms with Crippen molar-refractivity contribution < 1.29 is 13.2 Å². The first-order valence-electron chi connectivity index (χ1n) is 6.06. The lowest BCUT2D eigenvalue weighted by Crippen LogP contribution is -2.25. The Morgan fingerprint density at radius 2 is 2.11 bits per heavy atom. The molecule has 100 valence electrons. The fourth-order valence-corrected chi connectivity index (χ4v) is 3.51. The van der Waals surface area contributed by atoms with Gasteiger partial charge in [-0.15, -0.1) is 0 Å². The van der Waals surface area contributed by atoms with Crippen molar-refractivity contribution in [2.75, 3.05) is 7.11 Å². The molecule has 1 saturated carbocycles. The Labute approximate surface area is 111 Å². The first-order valence-corrected chi connectivity index (χ1v) is 7.54. The van der Waals surface area contributed by atoms with Gasteiger partial charge < -0.3 is 4.74 Å². The SMILES string of the molecule is COc1ccc(S(=O)(=O)NC2CC2)c2cccnc12. The van der Waals surface area contributed by atoms with E-state index in [-0.39, 0.29) is 10.9 Å². The number of pyridine rings is 1. The van der Waals surface area contributed by atoms with Crippen molar-refractivity contribution in [2.24, 2.45) is 0 Å². The molecule has 0 aliphatic heterocycles. The van der Waals surface area contributed by atoms with Crippen LogP contribution >= 0.6 is 0 Å². The van der Waals surface area contributed by atoms with Crippen LogP contribution in [0.1, 0.15) is 12.8 Å². The highest BCUT2D eigenvalue weighted by molar-refractivity contribution is 7.89. The largest absolute Gasteiger partial charge is 0.494 e. The van der Waals surface area contributed by atoms with Gasteiger partial charge in [-0.05, 0) is 37.1 Å². The Morgan fingerprint density at radius 1 is 1.32 bits per heavy atom. The van der Waals surface area contributed by atoms with E-state index in [0.29, 0.717) is 16.7 Å². The zero-order valence-corrected chi connectivity index (χ0v) is 11.3. The lowest BCUT2D eigenvalue weighted by molar-refractivity contribution is 0.418. The molecule has 0 saturated heterocycles. The zero-order valence-electron chi connectivity index (χ0n) is 10.5. The number of methoxy groups -OCH3 is 1. The molecule has 1 aliphatic carbocycles. The summed E-state index contributed by atoms with van der Waals surface area (Å²) < 4.78 is 32.5. The van der Waals surface area contributed by atoms with Crippen molar-refractivity contribution in [3.8, 4) is 5.75 Å². The summed E-state index contributed by atoms with van der Waals surface area (Å²) in [6.45, 7) is 0. The minimum Gasteiger partial charge on any atom is -0.494 e. The Hall–Kier alpha value is -1.66. The molecule has 1 fully saturated rings. The fraction of sp³-hybridized carbons (Fsp3) is 0.308. The predicted molar refractivity (Wildman–Crippen MR) is 71.6 cm³/mol. The number of aromatic nitrogens is 1. The highest BCUT2D eigenvalue weighted by Gasteiger charge is 2.29. The van der Waals surface area contributed by atoms with E-state index in [1.807, 2.05) is 0 Å². The number of nitrogens with zero attached hydrogens (tertiary/aromatic N) is 1. The van der Waals surface area contributed by atoms with Gasteiger partial charge in [0.15, 0.2) is 0 Å². The standard InChI is InChI=1S/C13H14N2O3S/c1-18-11-6-7-12(10-3-2-8-14-13(10)11)19(16,17)15-9-4-5-9/h2-3,6-9,15H,4-5H2,1H3. The average molecular weight is 278 g/mol. The molecule has 0 unspecified atom stereocenters. The Kier molecular flexibility index (Phi) is 2.91. The molecule has 1 aliphatic rings. The van der Waals surface area contributed by atoms with Gasteiger partial charge in [-0.1, -0.05) is 0 Å². The smallest absolute Gasteiger partial charge is 0.241 e. The molecule has 1 aromatic heterocycles. The molecule has 0 amide bonds. The molecule has 19 heavy (non-hydrogen) atoms. The summed E-state index contributed by atoms with van der Waals surface area (Å²) in [4.78, 5) is 4.46. The number of hydrogen-bond acceptors (Lipinski definition) is 4. The van der Waals surface area contributed by atoms with Crippen LogP contribution in [0, 0.1) is 0 Å². The summed E-state index contributed by atoms with van der Waals surface area (Å²) in [6.07, 6.45) is 3.44. The molecular weight excluding hydrogens is 264 g/mol. The molecule has 3 rings (SSSR count). The van der Waals surface area contributed by atoms with Crippen LogP contribution in [0.3, 0.4) is 0 Å². The molecule has 0 spiro atoms. The van der Waals surface area contributed by atoms with Gasteiger partial charge in [-0.25, -0.2) is 13.1 Å². The highest BCUT2D eigenvalue weighted by Crippen LogP contribution is 2.30. The van der Waals surface area contributed by atoms with E-state index < -0.39 is 10.0 Å². The molecule has 0 bridgehead atoms. The quantitative estimate of drug-likeness (QED) is 0.924. The van der Waals surface area contributed by atoms with Crippen LogP contribution in [-0.2, 0) is 10.0 Å². The number of nitrogens with one attached hydrogen (secondary N) is 1. The molecule has 0 radical (unpaired) electrons. The Morgan fingerprint density at radius 3 is 2.79 bits per heavy atom. The molecule has 5 nitrogen and oxygen atoms in total. The maximum Gasteiger partial charge on any atom is 0.241 e. The van der Waals surface area contributed by atoms with Gasteiger partial charge in [0.1, 0.15) is 11.3 Å².